The molecule has 0 radical (unpaired) electrons. The van der Waals surface area contributed by atoms with Crippen LogP contribution in [0.2, 0.25) is 0 Å². The predicted octanol–water partition coefficient (Wildman–Crippen LogP) is 2.65. The van der Waals surface area contributed by atoms with Crippen LogP contribution in [0.15, 0.2) is 58.3 Å². The molecule has 23 heavy (non-hydrogen) atoms. The maximum Gasteiger partial charge on any atom is 0.294 e. The van der Waals surface area contributed by atoms with Gasteiger partial charge in [0.05, 0.1) is 9.79 Å². The summed E-state index contributed by atoms with van der Waals surface area (Å²) in [5, 5.41) is 0. The lowest BCUT2D eigenvalue weighted by Gasteiger charge is -1.99. The molecule has 7 nitrogen and oxygen atoms in total. The lowest BCUT2D eigenvalue weighted by atomic mass is 10.2. The fourth-order valence-corrected chi connectivity index (χ4v) is 3.14. The number of hydrogen-bond acceptors (Lipinski definition) is 5. The lowest BCUT2D eigenvalue weighted by Crippen LogP contribution is -1.99. The average Bonchev–Trinajstić information content (AvgIpc) is 2.37. The third-order valence-corrected chi connectivity index (χ3v) is 4.77. The minimum Gasteiger partial charge on any atom is -0.344 e. The molecule has 0 aromatic heterocycles. The molecule has 0 aliphatic heterocycles. The average molecular weight is 361 g/mol. The van der Waals surface area contributed by atoms with Crippen LogP contribution in [0.5, 0.6) is 0 Å². The highest BCUT2D eigenvalue weighted by atomic mass is 32.2. The van der Waals surface area contributed by atoms with Crippen molar-refractivity contribution in [2.24, 2.45) is 0 Å². The van der Waals surface area contributed by atoms with Crippen molar-refractivity contribution in [1.29, 1.82) is 0 Å². The summed E-state index contributed by atoms with van der Waals surface area (Å²) in [7, 11) is -8.07. The molecule has 0 heterocycles. The molecule has 2 aromatic carbocycles. The van der Waals surface area contributed by atoms with Gasteiger partial charge in [-0.25, -0.2) is 0 Å². The summed E-state index contributed by atoms with van der Waals surface area (Å²) in [6.07, 6.45) is 0. The Morgan fingerprint density at radius 1 is 0.652 bits per heavy atom. The molecule has 0 fully saturated rings. The van der Waals surface area contributed by atoms with E-state index in [1.807, 2.05) is 0 Å². The summed E-state index contributed by atoms with van der Waals surface area (Å²) >= 11 is 0. The van der Waals surface area contributed by atoms with E-state index in [0.29, 0.717) is 11.1 Å². The molecule has 0 saturated heterocycles. The lowest BCUT2D eigenvalue weighted by molar-refractivity contribution is 0.480. The van der Waals surface area contributed by atoms with E-state index in [0.717, 1.165) is 0 Å². The van der Waals surface area contributed by atoms with Gasteiger partial charge in [0.25, 0.3) is 20.2 Å². The topological polar surface area (TPSA) is 144 Å². The van der Waals surface area contributed by atoms with E-state index in [9.17, 15) is 16.8 Å². The van der Waals surface area contributed by atoms with Gasteiger partial charge in [0.1, 0.15) is 0 Å². The van der Waals surface area contributed by atoms with Crippen LogP contribution in [0.4, 0.5) is 0 Å². The molecule has 2 aromatic rings. The first-order valence-corrected chi connectivity index (χ1v) is 8.97. The second-order valence-electron chi connectivity index (χ2n) is 4.48. The van der Waals surface area contributed by atoms with Crippen LogP contribution in [-0.2, 0) is 20.2 Å². The van der Waals surface area contributed by atoms with Crippen LogP contribution < -0.4 is 6.15 Å². The van der Waals surface area contributed by atoms with Gasteiger partial charge in [0.15, 0.2) is 0 Å². The summed E-state index contributed by atoms with van der Waals surface area (Å²) in [6, 6.07) is 12.5. The molecule has 0 amide bonds. The normalized spacial score (nSPS) is 11.0. The Morgan fingerprint density at radius 2 is 0.913 bits per heavy atom. The Kier molecular flexibility index (Phi) is 7.55. The zero-order chi connectivity index (χ0) is 17.0. The van der Waals surface area contributed by atoms with Crippen molar-refractivity contribution in [2.75, 3.05) is 0 Å². The van der Waals surface area contributed by atoms with Gasteiger partial charge in [-0.1, -0.05) is 36.4 Å². The molecule has 0 aliphatic carbocycles. The van der Waals surface area contributed by atoms with E-state index in [4.69, 9.17) is 9.11 Å². The van der Waals surface area contributed by atoms with Crippen LogP contribution in [0.3, 0.4) is 0 Å². The van der Waals surface area contributed by atoms with Gasteiger partial charge in [0, 0.05) is 0 Å². The van der Waals surface area contributed by atoms with Gasteiger partial charge in [-0.3, -0.25) is 9.11 Å². The first-order valence-electron chi connectivity index (χ1n) is 6.09. The van der Waals surface area contributed by atoms with Crippen LogP contribution in [0.1, 0.15) is 11.1 Å². The Balaban J connectivity index is 0.000000403. The van der Waals surface area contributed by atoms with E-state index in [2.05, 4.69) is 0 Å². The fourth-order valence-electron chi connectivity index (χ4n) is 1.69. The molecule has 0 saturated carbocycles. The molecule has 0 spiro atoms. The quantitative estimate of drug-likeness (QED) is 0.697. The third kappa shape index (κ3) is 6.47. The van der Waals surface area contributed by atoms with Crippen LogP contribution in [0, 0.1) is 13.8 Å². The van der Waals surface area contributed by atoms with Crippen molar-refractivity contribution < 1.29 is 25.9 Å². The number of rotatable bonds is 2. The Hall–Kier alpha value is -1.78. The van der Waals surface area contributed by atoms with Crippen molar-refractivity contribution in [3.63, 3.8) is 0 Å². The van der Waals surface area contributed by atoms with Crippen LogP contribution in [0.25, 0.3) is 0 Å². The van der Waals surface area contributed by atoms with Crippen molar-refractivity contribution in [3.8, 4) is 0 Å². The van der Waals surface area contributed by atoms with Crippen molar-refractivity contribution in [3.05, 3.63) is 59.7 Å². The summed E-state index contributed by atoms with van der Waals surface area (Å²) in [5.74, 6) is 0. The molecule has 0 bridgehead atoms. The molecule has 0 atom stereocenters. The molecule has 0 unspecified atom stereocenters. The summed E-state index contributed by atoms with van der Waals surface area (Å²) in [4.78, 5) is -0.0556. The summed E-state index contributed by atoms with van der Waals surface area (Å²) < 4.78 is 59.7. The van der Waals surface area contributed by atoms with Crippen molar-refractivity contribution in [1.82, 2.24) is 6.15 Å². The maximum absolute atomic E-state index is 10.6. The summed E-state index contributed by atoms with van der Waals surface area (Å²) in [5.41, 5.74) is 1.10. The molecule has 5 N–H and O–H groups in total. The second kappa shape index (κ2) is 8.18. The standard InChI is InChI=1S/2C7H8O3S.H3N/c2*1-6-4-2-3-5-7(6)11(8,9)10;/h2*2-5H,1H3,(H,8,9,10);1H3. The van der Waals surface area contributed by atoms with Crippen molar-refractivity contribution in [2.45, 2.75) is 23.6 Å². The minimum absolute atomic E-state index is 0. The largest absolute Gasteiger partial charge is 0.344 e. The van der Waals surface area contributed by atoms with Crippen molar-refractivity contribution >= 4 is 20.2 Å². The van der Waals surface area contributed by atoms with Crippen LogP contribution >= 0.6 is 0 Å². The number of hydrogen-bond donors (Lipinski definition) is 3. The van der Waals surface area contributed by atoms with E-state index in [-0.39, 0.29) is 15.9 Å². The highest BCUT2D eigenvalue weighted by Crippen LogP contribution is 2.13. The highest BCUT2D eigenvalue weighted by Gasteiger charge is 2.11. The van der Waals surface area contributed by atoms with Gasteiger partial charge in [0.2, 0.25) is 0 Å². The van der Waals surface area contributed by atoms with Crippen LogP contribution in [-0.4, -0.2) is 25.9 Å². The Bertz CT molecular complexity index is 787. The highest BCUT2D eigenvalue weighted by molar-refractivity contribution is 7.86. The summed E-state index contributed by atoms with van der Waals surface area (Å²) in [6.45, 7) is 3.26. The Labute approximate surface area is 136 Å². The van der Waals surface area contributed by atoms with E-state index < -0.39 is 20.2 Å². The molecular weight excluding hydrogens is 342 g/mol. The van der Waals surface area contributed by atoms with E-state index >= 15 is 0 Å². The maximum atomic E-state index is 10.6. The second-order valence-corrected chi connectivity index (χ2v) is 7.26. The first-order chi connectivity index (χ1) is 10.0. The number of benzene rings is 2. The van der Waals surface area contributed by atoms with Gasteiger partial charge >= 0.3 is 0 Å². The van der Waals surface area contributed by atoms with E-state index in [1.165, 1.54) is 12.1 Å². The first kappa shape index (κ1) is 21.2. The van der Waals surface area contributed by atoms with E-state index in [1.54, 1.807) is 50.2 Å². The monoisotopic (exact) mass is 361 g/mol. The minimum atomic E-state index is -4.03. The number of aryl methyl sites for hydroxylation is 2. The predicted molar refractivity (Wildman–Crippen MR) is 87.0 cm³/mol. The Morgan fingerprint density at radius 3 is 1.09 bits per heavy atom. The molecule has 2 rings (SSSR count). The zero-order valence-corrected chi connectivity index (χ0v) is 14.3. The smallest absolute Gasteiger partial charge is 0.294 e. The SMILES string of the molecule is Cc1ccccc1S(=O)(=O)O.Cc1ccccc1S(=O)(=O)O.N. The zero-order valence-electron chi connectivity index (χ0n) is 12.7. The molecule has 0 aliphatic rings. The molecule has 128 valence electrons. The van der Waals surface area contributed by atoms with Gasteiger partial charge in [-0.05, 0) is 37.1 Å². The van der Waals surface area contributed by atoms with Gasteiger partial charge in [-0.15, -0.1) is 0 Å². The van der Waals surface area contributed by atoms with Gasteiger partial charge < -0.3 is 6.15 Å². The molecule has 9 heteroatoms. The third-order valence-electron chi connectivity index (χ3n) is 2.74. The van der Waals surface area contributed by atoms with Gasteiger partial charge in [-0.2, -0.15) is 16.8 Å². The molecular formula is C14H19NO6S2. The fraction of sp³-hybridized carbons (Fsp3) is 0.143.